The topological polar surface area (TPSA) is 78.9 Å². The number of aromatic nitrogens is 3. The predicted octanol–water partition coefficient (Wildman–Crippen LogP) is 5.23. The smallest absolute Gasteiger partial charge is 0.313 e. The Bertz CT molecular complexity index is 1140. The highest BCUT2D eigenvalue weighted by molar-refractivity contribution is 9.10. The van der Waals surface area contributed by atoms with Crippen molar-refractivity contribution in [3.63, 3.8) is 0 Å². The number of thioether (sulfide) groups is 1. The lowest BCUT2D eigenvalue weighted by Crippen LogP contribution is -1.97. The largest absolute Gasteiger partial charge is 0.481 e. The van der Waals surface area contributed by atoms with Crippen LogP contribution in [0.2, 0.25) is 0 Å². The van der Waals surface area contributed by atoms with E-state index in [4.69, 9.17) is 5.11 Å². The second kappa shape index (κ2) is 7.54. The van der Waals surface area contributed by atoms with Gasteiger partial charge in [0.15, 0.2) is 11.0 Å². The maximum absolute atomic E-state index is 10.7. The van der Waals surface area contributed by atoms with E-state index in [1.54, 1.807) is 0 Å². The van der Waals surface area contributed by atoms with Gasteiger partial charge in [0.2, 0.25) is 0 Å². The molecule has 0 unspecified atom stereocenters. The van der Waals surface area contributed by atoms with Crippen molar-refractivity contribution in [1.29, 1.82) is 0 Å². The molecule has 1 aromatic heterocycles. The lowest BCUT2D eigenvalue weighted by Gasteiger charge is -2.07. The highest BCUT2D eigenvalue weighted by atomic mass is 79.9. The van der Waals surface area contributed by atoms with Gasteiger partial charge in [0.1, 0.15) is 0 Å². The fraction of sp³-hybridized carbons (Fsp3) is 0.0500. The van der Waals surface area contributed by atoms with Crippen molar-refractivity contribution in [2.24, 2.45) is 0 Å². The van der Waals surface area contributed by atoms with Crippen LogP contribution in [0.4, 0.5) is 0 Å². The number of benzene rings is 3. The van der Waals surface area contributed by atoms with Crippen LogP contribution in [-0.2, 0) is 4.79 Å². The number of aliphatic carboxylic acids is 1. The molecule has 0 saturated heterocycles. The zero-order valence-electron chi connectivity index (χ0n) is 14.0. The molecule has 0 spiro atoms. The predicted molar refractivity (Wildman–Crippen MR) is 111 cm³/mol. The van der Waals surface area contributed by atoms with Gasteiger partial charge in [-0.3, -0.25) is 9.89 Å². The molecule has 4 rings (SSSR count). The molecular weight excluding hydrogens is 426 g/mol. The molecule has 0 radical (unpaired) electrons. The zero-order chi connectivity index (χ0) is 18.8. The highest BCUT2D eigenvalue weighted by Crippen LogP contribution is 2.31. The van der Waals surface area contributed by atoms with Gasteiger partial charge in [0.25, 0.3) is 0 Å². The van der Waals surface area contributed by atoms with Crippen LogP contribution in [-0.4, -0.2) is 32.0 Å². The number of halogens is 1. The van der Waals surface area contributed by atoms with Crippen molar-refractivity contribution in [3.8, 4) is 22.5 Å². The number of hydrogen-bond acceptors (Lipinski definition) is 4. The van der Waals surface area contributed by atoms with Gasteiger partial charge >= 0.3 is 5.97 Å². The normalized spacial score (nSPS) is 11.0. The average molecular weight is 440 g/mol. The van der Waals surface area contributed by atoms with Gasteiger partial charge in [-0.05, 0) is 46.2 Å². The Morgan fingerprint density at radius 3 is 2.59 bits per heavy atom. The first-order valence-corrected chi connectivity index (χ1v) is 9.93. The van der Waals surface area contributed by atoms with Crippen LogP contribution in [0.25, 0.3) is 33.3 Å². The summed E-state index contributed by atoms with van der Waals surface area (Å²) >= 11 is 4.68. The van der Waals surface area contributed by atoms with Crippen molar-refractivity contribution in [2.45, 2.75) is 5.16 Å². The summed E-state index contributed by atoms with van der Waals surface area (Å²) in [4.78, 5) is 15.1. The number of hydrogen-bond donors (Lipinski definition) is 2. The third kappa shape index (κ3) is 4.04. The van der Waals surface area contributed by atoms with E-state index in [2.05, 4.69) is 67.5 Å². The Morgan fingerprint density at radius 1 is 1.00 bits per heavy atom. The van der Waals surface area contributed by atoms with Crippen molar-refractivity contribution in [2.75, 3.05) is 5.75 Å². The first-order chi connectivity index (χ1) is 13.1. The standard InChI is InChI=1S/C20H14BrN3O2S/c21-17-9-15(14-6-5-12-3-1-2-4-13(12)7-14)8-16(10-17)19-22-20(24-23-19)27-11-18(25)26/h1-10H,11H2,(H,25,26)(H,22,23,24). The fourth-order valence-corrected chi connectivity index (χ4v) is 3.84. The summed E-state index contributed by atoms with van der Waals surface area (Å²) in [5.74, 6) is -0.416. The van der Waals surface area contributed by atoms with E-state index in [1.165, 1.54) is 10.8 Å². The first-order valence-electron chi connectivity index (χ1n) is 8.15. The molecular formula is C20H14BrN3O2S. The summed E-state index contributed by atoms with van der Waals surface area (Å²) in [6.07, 6.45) is 0. The Morgan fingerprint density at radius 2 is 1.78 bits per heavy atom. The van der Waals surface area contributed by atoms with Crippen molar-refractivity contribution in [3.05, 3.63) is 65.1 Å². The Balaban J connectivity index is 1.69. The number of carbonyl (C=O) groups is 1. The lowest BCUT2D eigenvalue weighted by atomic mass is 9.99. The minimum Gasteiger partial charge on any atom is -0.481 e. The fourth-order valence-electron chi connectivity index (χ4n) is 2.82. The SMILES string of the molecule is O=C(O)CSc1nc(-c2cc(Br)cc(-c3ccc4ccccc4c3)c2)n[nH]1. The third-order valence-corrected chi connectivity index (χ3v) is 5.34. The first kappa shape index (κ1) is 17.8. The number of fused-ring (bicyclic) bond motifs is 1. The quantitative estimate of drug-likeness (QED) is 0.416. The monoisotopic (exact) mass is 439 g/mol. The molecule has 134 valence electrons. The summed E-state index contributed by atoms with van der Waals surface area (Å²) in [5, 5.41) is 18.7. The maximum atomic E-state index is 10.7. The van der Waals surface area contributed by atoms with E-state index < -0.39 is 5.97 Å². The van der Waals surface area contributed by atoms with E-state index in [0.29, 0.717) is 11.0 Å². The average Bonchev–Trinajstić information content (AvgIpc) is 3.15. The molecule has 0 bridgehead atoms. The second-order valence-corrected chi connectivity index (χ2v) is 7.82. The van der Waals surface area contributed by atoms with E-state index in [0.717, 1.165) is 32.9 Å². The van der Waals surface area contributed by atoms with Gasteiger partial charge in [-0.15, -0.1) is 0 Å². The van der Waals surface area contributed by atoms with E-state index in [1.807, 2.05) is 24.3 Å². The Labute approximate surface area is 168 Å². The highest BCUT2D eigenvalue weighted by Gasteiger charge is 2.11. The molecule has 4 aromatic rings. The molecule has 2 N–H and O–H groups in total. The van der Waals surface area contributed by atoms with Crippen molar-refractivity contribution in [1.82, 2.24) is 15.2 Å². The van der Waals surface area contributed by atoms with E-state index in [-0.39, 0.29) is 5.75 Å². The molecule has 0 aliphatic heterocycles. The summed E-state index contributed by atoms with van der Waals surface area (Å²) < 4.78 is 0.924. The number of nitrogens with zero attached hydrogens (tertiary/aromatic N) is 2. The third-order valence-electron chi connectivity index (χ3n) is 4.04. The minimum absolute atomic E-state index is 0.0601. The summed E-state index contributed by atoms with van der Waals surface area (Å²) in [6, 6.07) is 20.6. The van der Waals surface area contributed by atoms with Crippen LogP contribution in [0.15, 0.2) is 70.3 Å². The van der Waals surface area contributed by atoms with Crippen LogP contribution in [0.5, 0.6) is 0 Å². The molecule has 0 fully saturated rings. The second-order valence-electron chi connectivity index (χ2n) is 5.94. The molecule has 0 saturated carbocycles. The minimum atomic E-state index is -0.890. The summed E-state index contributed by atoms with van der Waals surface area (Å²) in [6.45, 7) is 0. The van der Waals surface area contributed by atoms with Gasteiger partial charge in [-0.2, -0.15) is 5.10 Å². The number of H-pyrrole nitrogens is 1. The molecule has 0 aliphatic carbocycles. The van der Waals surface area contributed by atoms with Gasteiger partial charge in [-0.25, -0.2) is 4.98 Å². The molecule has 7 heteroatoms. The number of rotatable bonds is 5. The van der Waals surface area contributed by atoms with Gasteiger partial charge < -0.3 is 5.11 Å². The van der Waals surface area contributed by atoms with E-state index in [9.17, 15) is 4.79 Å². The van der Waals surface area contributed by atoms with Crippen LogP contribution < -0.4 is 0 Å². The van der Waals surface area contributed by atoms with Gasteiger partial charge in [0, 0.05) is 10.0 Å². The zero-order valence-corrected chi connectivity index (χ0v) is 16.4. The van der Waals surface area contributed by atoms with Crippen LogP contribution in [0.3, 0.4) is 0 Å². The molecule has 27 heavy (non-hydrogen) atoms. The summed E-state index contributed by atoms with van der Waals surface area (Å²) in [5.41, 5.74) is 3.01. The summed E-state index contributed by atoms with van der Waals surface area (Å²) in [7, 11) is 0. The Kier molecular flexibility index (Phi) is 4.96. The number of carboxylic acid groups (broad SMARTS) is 1. The van der Waals surface area contributed by atoms with Crippen LogP contribution in [0, 0.1) is 0 Å². The number of aromatic amines is 1. The molecule has 1 heterocycles. The molecule has 0 atom stereocenters. The van der Waals surface area contributed by atoms with Crippen molar-refractivity contribution < 1.29 is 9.90 Å². The van der Waals surface area contributed by atoms with Crippen LogP contribution >= 0.6 is 27.7 Å². The molecule has 3 aromatic carbocycles. The molecule has 0 aliphatic rings. The van der Waals surface area contributed by atoms with E-state index >= 15 is 0 Å². The number of nitrogens with one attached hydrogen (secondary N) is 1. The number of carboxylic acids is 1. The van der Waals surface area contributed by atoms with Crippen molar-refractivity contribution >= 4 is 44.4 Å². The van der Waals surface area contributed by atoms with Gasteiger partial charge in [0.05, 0.1) is 5.75 Å². The maximum Gasteiger partial charge on any atom is 0.313 e. The van der Waals surface area contributed by atoms with Gasteiger partial charge in [-0.1, -0.05) is 64.1 Å². The molecule has 5 nitrogen and oxygen atoms in total. The van der Waals surface area contributed by atoms with Crippen LogP contribution in [0.1, 0.15) is 0 Å². The molecule has 0 amide bonds. The lowest BCUT2D eigenvalue weighted by molar-refractivity contribution is -0.133. The Hall–Kier alpha value is -2.64.